The van der Waals surface area contributed by atoms with Crippen LogP contribution in [0.3, 0.4) is 0 Å². The first-order chi connectivity index (χ1) is 15.7. The van der Waals surface area contributed by atoms with Gasteiger partial charge in [-0.1, -0.05) is 6.07 Å². The van der Waals surface area contributed by atoms with Crippen molar-refractivity contribution >= 4 is 40.4 Å². The number of hydrogen-bond donors (Lipinski definition) is 0. The van der Waals surface area contributed by atoms with Crippen LogP contribution in [0.2, 0.25) is 0 Å². The standard InChI is InChI=1S/C22H17FN4O5S/c1-12(26-21(29)17-4-3-5-18(27(31)32)19(17)22(26)30)20(28)25(10-15-11-33-13(2)24-15)16-8-6-14(23)7-9-16/h3-9,11-12H,10H2,1-2H3. The van der Waals surface area contributed by atoms with Crippen molar-refractivity contribution in [3.05, 3.63) is 85.6 Å². The minimum atomic E-state index is -1.28. The Balaban J connectivity index is 1.69. The monoisotopic (exact) mass is 468 g/mol. The zero-order valence-electron chi connectivity index (χ0n) is 17.5. The topological polar surface area (TPSA) is 114 Å². The number of aromatic nitrogens is 1. The van der Waals surface area contributed by atoms with Gasteiger partial charge in [0.15, 0.2) is 0 Å². The summed E-state index contributed by atoms with van der Waals surface area (Å²) in [5.41, 5.74) is -0.0314. The van der Waals surface area contributed by atoms with Gasteiger partial charge in [-0.2, -0.15) is 0 Å². The highest BCUT2D eigenvalue weighted by Gasteiger charge is 2.45. The molecule has 0 saturated carbocycles. The lowest BCUT2D eigenvalue weighted by Crippen LogP contribution is -2.49. The van der Waals surface area contributed by atoms with Crippen LogP contribution in [0.15, 0.2) is 47.8 Å². The number of nitro groups is 1. The molecule has 1 atom stereocenters. The first-order valence-electron chi connectivity index (χ1n) is 9.82. The molecule has 4 rings (SSSR count). The van der Waals surface area contributed by atoms with Crippen LogP contribution in [0.1, 0.15) is 38.3 Å². The summed E-state index contributed by atoms with van der Waals surface area (Å²) in [6.07, 6.45) is 0. The number of thiazole rings is 1. The normalized spacial score (nSPS) is 13.7. The number of carbonyl (C=O) groups excluding carboxylic acids is 3. The minimum absolute atomic E-state index is 0.0302. The number of nitro benzene ring substituents is 1. The number of fused-ring (bicyclic) bond motifs is 1. The smallest absolute Gasteiger partial charge is 0.282 e. The van der Waals surface area contributed by atoms with E-state index in [4.69, 9.17) is 0 Å². The number of carbonyl (C=O) groups is 3. The predicted octanol–water partition coefficient (Wildman–Crippen LogP) is 3.72. The van der Waals surface area contributed by atoms with Crippen LogP contribution in [-0.4, -0.2) is 38.6 Å². The summed E-state index contributed by atoms with van der Waals surface area (Å²) < 4.78 is 13.5. The van der Waals surface area contributed by atoms with Gasteiger partial charge in [0.05, 0.1) is 27.7 Å². The molecule has 0 N–H and O–H groups in total. The van der Waals surface area contributed by atoms with E-state index < -0.39 is 40.2 Å². The second-order valence-electron chi connectivity index (χ2n) is 7.37. The van der Waals surface area contributed by atoms with Crippen LogP contribution < -0.4 is 4.90 Å². The van der Waals surface area contributed by atoms with Gasteiger partial charge in [-0.05, 0) is 44.2 Å². The van der Waals surface area contributed by atoms with Crippen LogP contribution in [0.25, 0.3) is 0 Å². The zero-order valence-corrected chi connectivity index (χ0v) is 18.3. The van der Waals surface area contributed by atoms with E-state index in [1.165, 1.54) is 59.6 Å². The average Bonchev–Trinajstić information content (AvgIpc) is 3.32. The number of halogens is 1. The highest BCUT2D eigenvalue weighted by Crippen LogP contribution is 2.33. The maximum absolute atomic E-state index is 13.5. The van der Waals surface area contributed by atoms with Gasteiger partial charge in [0.1, 0.15) is 17.4 Å². The molecule has 0 aliphatic carbocycles. The Hall–Kier alpha value is -3.99. The molecule has 3 aromatic rings. The summed E-state index contributed by atoms with van der Waals surface area (Å²) >= 11 is 1.39. The van der Waals surface area contributed by atoms with Crippen molar-refractivity contribution in [2.24, 2.45) is 0 Å². The van der Waals surface area contributed by atoms with Gasteiger partial charge in [0.25, 0.3) is 17.5 Å². The van der Waals surface area contributed by atoms with E-state index in [0.717, 1.165) is 16.0 Å². The van der Waals surface area contributed by atoms with Gasteiger partial charge in [-0.15, -0.1) is 11.3 Å². The van der Waals surface area contributed by atoms with Crippen LogP contribution >= 0.6 is 11.3 Å². The maximum atomic E-state index is 13.5. The molecule has 0 bridgehead atoms. The zero-order chi connectivity index (χ0) is 23.9. The third-order valence-corrected chi connectivity index (χ3v) is 6.08. The molecule has 0 radical (unpaired) electrons. The van der Waals surface area contributed by atoms with E-state index in [2.05, 4.69) is 4.98 Å². The Labute approximate surface area is 191 Å². The highest BCUT2D eigenvalue weighted by molar-refractivity contribution is 7.09. The van der Waals surface area contributed by atoms with Gasteiger partial charge < -0.3 is 4.90 Å². The van der Waals surface area contributed by atoms with Gasteiger partial charge in [-0.3, -0.25) is 29.4 Å². The van der Waals surface area contributed by atoms with Gasteiger partial charge in [-0.25, -0.2) is 9.37 Å². The molecule has 1 unspecified atom stereocenters. The van der Waals surface area contributed by atoms with E-state index >= 15 is 0 Å². The van der Waals surface area contributed by atoms with Crippen molar-refractivity contribution in [1.29, 1.82) is 0 Å². The van der Waals surface area contributed by atoms with Crippen molar-refractivity contribution < 1.29 is 23.7 Å². The highest BCUT2D eigenvalue weighted by atomic mass is 32.1. The van der Waals surface area contributed by atoms with Crippen molar-refractivity contribution in [1.82, 2.24) is 9.88 Å². The van der Waals surface area contributed by atoms with Crippen molar-refractivity contribution in [3.8, 4) is 0 Å². The number of benzene rings is 2. The van der Waals surface area contributed by atoms with Crippen molar-refractivity contribution in [2.75, 3.05) is 4.90 Å². The summed E-state index contributed by atoms with van der Waals surface area (Å²) in [4.78, 5) is 56.5. The maximum Gasteiger partial charge on any atom is 0.282 e. The number of nitrogens with zero attached hydrogens (tertiary/aromatic N) is 4. The summed E-state index contributed by atoms with van der Waals surface area (Å²) in [5.74, 6) is -2.81. The van der Waals surface area contributed by atoms with E-state index in [9.17, 15) is 28.9 Å². The van der Waals surface area contributed by atoms with Crippen LogP contribution in [-0.2, 0) is 11.3 Å². The molecule has 1 aliphatic heterocycles. The molecular weight excluding hydrogens is 451 g/mol. The SMILES string of the molecule is Cc1nc(CN(C(=O)C(C)N2C(=O)c3cccc([N+](=O)[O-])c3C2=O)c2ccc(F)cc2)cs1. The van der Waals surface area contributed by atoms with E-state index in [1.807, 2.05) is 6.92 Å². The first kappa shape index (κ1) is 22.2. The fourth-order valence-corrected chi connectivity index (χ4v) is 4.29. The van der Waals surface area contributed by atoms with Gasteiger partial charge >= 0.3 is 0 Å². The lowest BCUT2D eigenvalue weighted by atomic mass is 10.1. The second kappa shape index (κ2) is 8.51. The Morgan fingerprint density at radius 2 is 1.91 bits per heavy atom. The van der Waals surface area contributed by atoms with Crippen LogP contribution in [0.5, 0.6) is 0 Å². The van der Waals surface area contributed by atoms with E-state index in [1.54, 1.807) is 5.38 Å². The molecule has 2 aromatic carbocycles. The van der Waals surface area contributed by atoms with E-state index in [-0.39, 0.29) is 17.7 Å². The molecule has 0 spiro atoms. The third kappa shape index (κ3) is 3.98. The van der Waals surface area contributed by atoms with Gasteiger partial charge in [0, 0.05) is 17.1 Å². The summed E-state index contributed by atoms with van der Waals surface area (Å²) in [7, 11) is 0. The number of hydrogen-bond acceptors (Lipinski definition) is 7. The first-order valence-corrected chi connectivity index (χ1v) is 10.7. The quantitative estimate of drug-likeness (QED) is 0.310. The fraction of sp³-hybridized carbons (Fsp3) is 0.182. The Morgan fingerprint density at radius 3 is 2.52 bits per heavy atom. The molecule has 1 aromatic heterocycles. The molecule has 0 saturated heterocycles. The molecule has 1 aliphatic rings. The van der Waals surface area contributed by atoms with Crippen LogP contribution in [0.4, 0.5) is 15.8 Å². The molecule has 0 fully saturated rings. The van der Waals surface area contributed by atoms with Gasteiger partial charge in [0.2, 0.25) is 5.91 Å². The number of rotatable bonds is 6. The average molecular weight is 468 g/mol. The van der Waals surface area contributed by atoms with Crippen LogP contribution in [0, 0.1) is 22.9 Å². The molecule has 3 amide bonds. The molecule has 33 heavy (non-hydrogen) atoms. The third-order valence-electron chi connectivity index (χ3n) is 5.26. The second-order valence-corrected chi connectivity index (χ2v) is 8.43. The lowest BCUT2D eigenvalue weighted by Gasteiger charge is -2.29. The Bertz CT molecular complexity index is 1290. The molecule has 2 heterocycles. The Morgan fingerprint density at radius 1 is 1.21 bits per heavy atom. The molecule has 11 heteroatoms. The minimum Gasteiger partial charge on any atom is -0.305 e. The number of amides is 3. The van der Waals surface area contributed by atoms with Crippen molar-refractivity contribution in [2.45, 2.75) is 26.4 Å². The predicted molar refractivity (Wildman–Crippen MR) is 117 cm³/mol. The lowest BCUT2D eigenvalue weighted by molar-refractivity contribution is -0.385. The molecule has 9 nitrogen and oxygen atoms in total. The van der Waals surface area contributed by atoms with Crippen molar-refractivity contribution in [3.63, 3.8) is 0 Å². The summed E-state index contributed by atoms with van der Waals surface area (Å²) in [5, 5.41) is 13.9. The Kier molecular flexibility index (Phi) is 5.73. The molecular formula is C22H17FN4O5S. The fourth-order valence-electron chi connectivity index (χ4n) is 3.69. The largest absolute Gasteiger partial charge is 0.305 e. The summed E-state index contributed by atoms with van der Waals surface area (Å²) in [6, 6.07) is 7.69. The number of anilines is 1. The number of aryl methyl sites for hydroxylation is 1. The molecule has 168 valence electrons. The number of imide groups is 1. The summed E-state index contributed by atoms with van der Waals surface area (Å²) in [6.45, 7) is 3.22. The van der Waals surface area contributed by atoms with E-state index in [0.29, 0.717) is 11.4 Å².